The number of anilines is 2. The summed E-state index contributed by atoms with van der Waals surface area (Å²) in [6.45, 7) is 5.25. The molecule has 0 saturated heterocycles. The van der Waals surface area contributed by atoms with Gasteiger partial charge in [-0.05, 0) is 100 Å². The molecule has 0 radical (unpaired) electrons. The minimum absolute atomic E-state index is 0.0439. The molecule has 0 aliphatic rings. The van der Waals surface area contributed by atoms with Crippen LogP contribution in [-0.2, 0) is 9.59 Å². The van der Waals surface area contributed by atoms with Crippen molar-refractivity contribution in [3.8, 4) is 23.0 Å². The zero-order valence-electron chi connectivity index (χ0n) is 29.4. The summed E-state index contributed by atoms with van der Waals surface area (Å²) in [6.07, 6.45) is 0. The number of amides is 2. The van der Waals surface area contributed by atoms with Gasteiger partial charge in [0.1, 0.15) is 36.2 Å². The van der Waals surface area contributed by atoms with Crippen LogP contribution >= 0.6 is 0 Å². The summed E-state index contributed by atoms with van der Waals surface area (Å²) >= 11 is 0. The van der Waals surface area contributed by atoms with Crippen LogP contribution in [0.1, 0.15) is 25.0 Å². The van der Waals surface area contributed by atoms with E-state index in [1.807, 2.05) is 0 Å². The van der Waals surface area contributed by atoms with Gasteiger partial charge in [0.25, 0.3) is 23.2 Å². The highest BCUT2D eigenvalue weighted by Gasteiger charge is 2.33. The van der Waals surface area contributed by atoms with Crippen molar-refractivity contribution >= 4 is 34.6 Å². The average Bonchev–Trinajstić information content (AvgIpc) is 3.10. The molecule has 4 N–H and O–H groups in total. The number of benzene rings is 4. The van der Waals surface area contributed by atoms with E-state index in [-0.39, 0.29) is 24.6 Å². The van der Waals surface area contributed by atoms with Crippen LogP contribution in [0.15, 0.2) is 84.9 Å². The maximum absolute atomic E-state index is 12.3. The van der Waals surface area contributed by atoms with Gasteiger partial charge in [0.15, 0.2) is 11.2 Å². The van der Waals surface area contributed by atoms with Crippen LogP contribution in [0.3, 0.4) is 0 Å². The Morgan fingerprint density at radius 1 is 0.615 bits per heavy atom. The van der Waals surface area contributed by atoms with E-state index in [9.17, 15) is 40.0 Å². The van der Waals surface area contributed by atoms with Crippen molar-refractivity contribution in [1.29, 1.82) is 0 Å². The molecule has 4 aromatic rings. The number of nitro benzene ring substituents is 2. The van der Waals surface area contributed by atoms with Crippen molar-refractivity contribution in [2.45, 2.75) is 38.9 Å². The Bertz CT molecular complexity index is 1740. The number of carbonyl (C=O) groups is 2. The van der Waals surface area contributed by atoms with Crippen molar-refractivity contribution in [2.75, 3.05) is 38.1 Å². The number of ether oxygens (including phenoxy) is 4. The number of hydrogen-bond donors (Lipinski definition) is 4. The SMILES string of the molecule is COc1ccc(OCC(C)(O)C(=O)Nc2ccc([N+](=O)[O-])c(C)c2)cc1.COc1ccc(OCC(C)(O)C(=O)Nc2ccc([N+](=O)[O-])c(C)c2)cc1. The van der Waals surface area contributed by atoms with Crippen molar-refractivity contribution in [1.82, 2.24) is 0 Å². The van der Waals surface area contributed by atoms with Gasteiger partial charge in [0.05, 0.1) is 24.1 Å². The molecule has 4 aromatic carbocycles. The predicted molar refractivity (Wildman–Crippen MR) is 191 cm³/mol. The molecule has 0 heterocycles. The second kappa shape index (κ2) is 17.6. The number of rotatable bonds is 14. The lowest BCUT2D eigenvalue weighted by Gasteiger charge is -2.22. The van der Waals surface area contributed by atoms with Gasteiger partial charge in [-0.2, -0.15) is 0 Å². The molecule has 0 fully saturated rings. The van der Waals surface area contributed by atoms with E-state index in [0.717, 1.165) is 0 Å². The third-order valence-corrected chi connectivity index (χ3v) is 7.44. The van der Waals surface area contributed by atoms with Crippen LogP contribution in [0.4, 0.5) is 22.7 Å². The Morgan fingerprint density at radius 3 is 1.19 bits per heavy atom. The lowest BCUT2D eigenvalue weighted by atomic mass is 10.1. The third kappa shape index (κ3) is 11.4. The molecule has 16 nitrogen and oxygen atoms in total. The first-order valence-electron chi connectivity index (χ1n) is 15.6. The molecule has 0 bridgehead atoms. The molecule has 0 aromatic heterocycles. The van der Waals surface area contributed by atoms with Gasteiger partial charge in [-0.25, -0.2) is 0 Å². The maximum Gasteiger partial charge on any atom is 0.272 e. The van der Waals surface area contributed by atoms with Gasteiger partial charge in [-0.1, -0.05) is 0 Å². The van der Waals surface area contributed by atoms with Crippen LogP contribution in [-0.4, -0.2) is 70.5 Å². The number of nitrogens with one attached hydrogen (secondary N) is 2. The quantitative estimate of drug-likeness (QED) is 0.0955. The topological polar surface area (TPSA) is 222 Å². The minimum Gasteiger partial charge on any atom is -0.497 e. The first-order chi connectivity index (χ1) is 24.4. The largest absolute Gasteiger partial charge is 0.497 e. The summed E-state index contributed by atoms with van der Waals surface area (Å²) in [4.78, 5) is 45.2. The van der Waals surface area contributed by atoms with E-state index in [2.05, 4.69) is 10.6 Å². The third-order valence-electron chi connectivity index (χ3n) is 7.44. The molecule has 16 heteroatoms. The average molecular weight is 721 g/mol. The second-order valence-corrected chi connectivity index (χ2v) is 11.9. The minimum atomic E-state index is -1.80. The summed E-state index contributed by atoms with van der Waals surface area (Å²) in [5, 5.41) is 47.4. The summed E-state index contributed by atoms with van der Waals surface area (Å²) < 4.78 is 21.0. The molecule has 0 aliphatic heterocycles. The van der Waals surface area contributed by atoms with Gasteiger partial charge in [0.2, 0.25) is 0 Å². The number of methoxy groups -OCH3 is 2. The molecular weight excluding hydrogens is 680 g/mol. The van der Waals surface area contributed by atoms with Crippen molar-refractivity contribution in [3.05, 3.63) is 116 Å². The smallest absolute Gasteiger partial charge is 0.272 e. The maximum atomic E-state index is 12.3. The van der Waals surface area contributed by atoms with Crippen LogP contribution in [0.2, 0.25) is 0 Å². The van der Waals surface area contributed by atoms with E-state index in [0.29, 0.717) is 45.5 Å². The van der Waals surface area contributed by atoms with Crippen LogP contribution in [0, 0.1) is 34.1 Å². The number of carbonyl (C=O) groups excluding carboxylic acids is 2. The summed E-state index contributed by atoms with van der Waals surface area (Å²) in [5.74, 6) is 0.916. The zero-order chi connectivity index (χ0) is 38.6. The van der Waals surface area contributed by atoms with Crippen molar-refractivity contribution in [3.63, 3.8) is 0 Å². The Morgan fingerprint density at radius 2 is 0.923 bits per heavy atom. The van der Waals surface area contributed by atoms with Crippen LogP contribution in [0.5, 0.6) is 23.0 Å². The molecule has 2 amide bonds. The van der Waals surface area contributed by atoms with Gasteiger partial charge in [-0.15, -0.1) is 0 Å². The van der Waals surface area contributed by atoms with Crippen molar-refractivity contribution in [2.24, 2.45) is 0 Å². The van der Waals surface area contributed by atoms with Gasteiger partial charge >= 0.3 is 0 Å². The summed E-state index contributed by atoms with van der Waals surface area (Å²) in [7, 11) is 3.09. The fourth-order valence-electron chi connectivity index (χ4n) is 4.33. The Balaban J connectivity index is 0.000000280. The summed E-state index contributed by atoms with van der Waals surface area (Å²) in [6, 6.07) is 21.8. The standard InChI is InChI=1S/2C18H20N2O6/c2*1-12-10-13(4-9-16(12)20(23)24)19-17(21)18(2,22)11-26-15-7-5-14(25-3)6-8-15/h2*4-10,22H,11H2,1-3H3,(H,19,21). The predicted octanol–water partition coefficient (Wildman–Crippen LogP) is 5.36. The molecule has 0 spiro atoms. The Kier molecular flexibility index (Phi) is 13.6. The molecule has 2 unspecified atom stereocenters. The number of hydrogen-bond acceptors (Lipinski definition) is 12. The van der Waals surface area contributed by atoms with Gasteiger partial charge in [0, 0.05) is 34.6 Å². The zero-order valence-corrected chi connectivity index (χ0v) is 29.4. The van der Waals surface area contributed by atoms with Crippen molar-refractivity contribution < 1.29 is 48.6 Å². The normalized spacial score (nSPS) is 12.8. The number of aryl methyl sites for hydroxylation is 2. The van der Waals surface area contributed by atoms with E-state index in [4.69, 9.17) is 18.9 Å². The Labute approximate surface area is 299 Å². The molecule has 4 rings (SSSR count). The molecule has 0 aliphatic carbocycles. The van der Waals surface area contributed by atoms with E-state index < -0.39 is 32.9 Å². The number of aliphatic hydroxyl groups is 2. The monoisotopic (exact) mass is 720 g/mol. The van der Waals surface area contributed by atoms with Gasteiger partial charge in [-0.3, -0.25) is 29.8 Å². The fraction of sp³-hybridized carbons (Fsp3) is 0.278. The lowest BCUT2D eigenvalue weighted by Crippen LogP contribution is -2.45. The van der Waals surface area contributed by atoms with Crippen LogP contribution in [0.25, 0.3) is 0 Å². The van der Waals surface area contributed by atoms with E-state index >= 15 is 0 Å². The molecule has 52 heavy (non-hydrogen) atoms. The lowest BCUT2D eigenvalue weighted by molar-refractivity contribution is -0.385. The highest BCUT2D eigenvalue weighted by atomic mass is 16.6. The van der Waals surface area contributed by atoms with E-state index in [1.165, 1.54) is 50.2 Å². The highest BCUT2D eigenvalue weighted by Crippen LogP contribution is 2.25. The molecule has 0 saturated carbocycles. The molecular formula is C36H40N4O12. The summed E-state index contributed by atoms with van der Waals surface area (Å²) in [5.41, 5.74) is -2.17. The molecule has 276 valence electrons. The van der Waals surface area contributed by atoms with E-state index in [1.54, 1.807) is 76.6 Å². The fourth-order valence-corrected chi connectivity index (χ4v) is 4.33. The number of nitro groups is 2. The first kappa shape index (κ1) is 40.2. The molecule has 2 atom stereocenters. The first-order valence-corrected chi connectivity index (χ1v) is 15.6. The van der Waals surface area contributed by atoms with Crippen LogP contribution < -0.4 is 29.6 Å². The Hall–Kier alpha value is -6.26. The van der Waals surface area contributed by atoms with Gasteiger partial charge < -0.3 is 39.8 Å². The number of nitrogens with zero attached hydrogens (tertiary/aromatic N) is 2. The second-order valence-electron chi connectivity index (χ2n) is 11.9. The highest BCUT2D eigenvalue weighted by molar-refractivity contribution is 5.97.